The molecule has 1 N–H and O–H groups in total. The highest BCUT2D eigenvalue weighted by atomic mass is 32.1. The monoisotopic (exact) mass is 493 g/mol. The number of unbranched alkanes of at least 4 members (excludes halogenated alkanes) is 1. The Morgan fingerprint density at radius 2 is 1.66 bits per heavy atom. The summed E-state index contributed by atoms with van der Waals surface area (Å²) in [6, 6.07) is 13.1. The maximum atomic E-state index is 13.2. The Kier molecular flexibility index (Phi) is 7.45. The quantitative estimate of drug-likeness (QED) is 0.193. The van der Waals surface area contributed by atoms with Crippen LogP contribution in [-0.4, -0.2) is 40.2 Å². The number of anilines is 1. The van der Waals surface area contributed by atoms with E-state index in [1.807, 2.05) is 6.92 Å². The number of nitrogens with zero attached hydrogens (tertiary/aromatic N) is 3. The first kappa shape index (κ1) is 24.4. The van der Waals surface area contributed by atoms with Crippen LogP contribution >= 0.6 is 11.3 Å². The number of Topliss-reactive ketones (excluding diaryl/α,β-unsaturated/α-hetero) is 1. The average Bonchev–Trinajstić information content (AvgIpc) is 3.40. The van der Waals surface area contributed by atoms with Gasteiger partial charge in [0.05, 0.1) is 24.8 Å². The first-order valence-corrected chi connectivity index (χ1v) is 12.3. The third-order valence-electron chi connectivity index (χ3n) is 5.57. The second kappa shape index (κ2) is 10.7. The van der Waals surface area contributed by atoms with E-state index >= 15 is 0 Å². The smallest absolute Gasteiger partial charge is 0.301 e. The van der Waals surface area contributed by atoms with Gasteiger partial charge in [-0.05, 0) is 62.2 Å². The van der Waals surface area contributed by atoms with E-state index in [4.69, 9.17) is 9.47 Å². The Morgan fingerprint density at radius 3 is 2.26 bits per heavy atom. The van der Waals surface area contributed by atoms with Crippen LogP contribution in [0.3, 0.4) is 0 Å². The van der Waals surface area contributed by atoms with Crippen LogP contribution in [0.1, 0.15) is 48.9 Å². The molecule has 4 rings (SSSR count). The Bertz CT molecular complexity index is 1230. The van der Waals surface area contributed by atoms with Crippen LogP contribution in [0.25, 0.3) is 5.76 Å². The van der Waals surface area contributed by atoms with Crippen molar-refractivity contribution in [1.29, 1.82) is 0 Å². The van der Waals surface area contributed by atoms with Gasteiger partial charge in [0.15, 0.2) is 0 Å². The predicted molar refractivity (Wildman–Crippen MR) is 134 cm³/mol. The maximum absolute atomic E-state index is 13.2. The number of ketones is 1. The van der Waals surface area contributed by atoms with Gasteiger partial charge in [-0.3, -0.25) is 14.5 Å². The van der Waals surface area contributed by atoms with Crippen LogP contribution in [0, 0.1) is 6.92 Å². The highest BCUT2D eigenvalue weighted by molar-refractivity contribution is 7.15. The summed E-state index contributed by atoms with van der Waals surface area (Å²) in [5, 5.41) is 20.3. The van der Waals surface area contributed by atoms with Gasteiger partial charge in [0, 0.05) is 5.56 Å². The number of aryl methyl sites for hydroxylation is 1. The minimum absolute atomic E-state index is 0.00772. The van der Waals surface area contributed by atoms with Gasteiger partial charge < -0.3 is 14.6 Å². The molecule has 1 amide bonds. The number of carbonyl (C=O) groups is 2. The number of benzene rings is 2. The number of hydrogen-bond donors (Lipinski definition) is 1. The molecule has 0 bridgehead atoms. The van der Waals surface area contributed by atoms with Gasteiger partial charge in [-0.15, -0.1) is 10.2 Å². The molecule has 9 heteroatoms. The van der Waals surface area contributed by atoms with Gasteiger partial charge in [0.25, 0.3) is 5.78 Å². The molecule has 2 heterocycles. The van der Waals surface area contributed by atoms with E-state index < -0.39 is 17.7 Å². The number of aliphatic hydroxyl groups is 1. The fraction of sp³-hybridized carbons (Fsp3) is 0.308. The Labute approximate surface area is 207 Å². The average molecular weight is 494 g/mol. The molecule has 0 saturated carbocycles. The number of carbonyl (C=O) groups excluding carboxylic acids is 2. The van der Waals surface area contributed by atoms with Gasteiger partial charge in [0.1, 0.15) is 22.3 Å². The normalized spacial score (nSPS) is 17.1. The third-order valence-corrected chi connectivity index (χ3v) is 6.41. The maximum Gasteiger partial charge on any atom is 0.301 e. The number of aliphatic hydroxyl groups excluding tert-OH is 1. The second-order valence-electron chi connectivity index (χ2n) is 8.00. The Hall–Kier alpha value is -3.72. The topological polar surface area (TPSA) is 102 Å². The van der Waals surface area contributed by atoms with Gasteiger partial charge in [-0.2, -0.15) is 0 Å². The van der Waals surface area contributed by atoms with Crippen LogP contribution in [-0.2, 0) is 9.59 Å². The van der Waals surface area contributed by atoms with Crippen LogP contribution in [0.4, 0.5) is 5.13 Å². The lowest BCUT2D eigenvalue weighted by molar-refractivity contribution is -0.132. The highest BCUT2D eigenvalue weighted by Crippen LogP contribution is 2.43. The van der Waals surface area contributed by atoms with Gasteiger partial charge in [-0.1, -0.05) is 36.8 Å². The minimum atomic E-state index is -0.862. The standard InChI is InChI=1S/C26H27N3O5S/c1-4-6-15-34-20-13-9-18(10-14-20)23(30)21-22(17-7-11-19(12-8-17)33-5-2)29(25(32)24(21)31)26-28-27-16(3)35-26/h7-14,22,30H,4-6,15H2,1-3H3/t22-/m0/s1. The van der Waals surface area contributed by atoms with Crippen molar-refractivity contribution in [3.63, 3.8) is 0 Å². The zero-order valence-corrected chi connectivity index (χ0v) is 20.7. The lowest BCUT2D eigenvalue weighted by atomic mass is 9.95. The van der Waals surface area contributed by atoms with Gasteiger partial charge in [-0.25, -0.2) is 0 Å². The minimum Gasteiger partial charge on any atom is -0.507 e. The molecule has 1 atom stereocenters. The van der Waals surface area contributed by atoms with Crippen molar-refractivity contribution in [2.24, 2.45) is 0 Å². The molecule has 2 aromatic carbocycles. The van der Waals surface area contributed by atoms with Gasteiger partial charge in [0.2, 0.25) is 5.13 Å². The fourth-order valence-electron chi connectivity index (χ4n) is 3.84. The number of rotatable bonds is 9. The van der Waals surface area contributed by atoms with Crippen molar-refractivity contribution < 1.29 is 24.2 Å². The summed E-state index contributed by atoms with van der Waals surface area (Å²) in [6.07, 6.45) is 1.97. The molecule has 0 spiro atoms. The molecule has 1 aliphatic rings. The van der Waals surface area contributed by atoms with Crippen LogP contribution < -0.4 is 14.4 Å². The lowest BCUT2D eigenvalue weighted by Gasteiger charge is -2.22. The van der Waals surface area contributed by atoms with Crippen molar-refractivity contribution in [2.45, 2.75) is 39.7 Å². The summed E-state index contributed by atoms with van der Waals surface area (Å²) < 4.78 is 11.2. The molecular weight excluding hydrogens is 466 g/mol. The van der Waals surface area contributed by atoms with E-state index in [0.717, 1.165) is 12.8 Å². The van der Waals surface area contributed by atoms with Crippen LogP contribution in [0.15, 0.2) is 54.1 Å². The summed E-state index contributed by atoms with van der Waals surface area (Å²) in [7, 11) is 0. The Morgan fingerprint density at radius 1 is 1.00 bits per heavy atom. The van der Waals surface area contributed by atoms with E-state index in [0.29, 0.717) is 46.0 Å². The Balaban J connectivity index is 1.77. The van der Waals surface area contributed by atoms with E-state index in [1.165, 1.54) is 16.2 Å². The summed E-state index contributed by atoms with van der Waals surface area (Å²) in [6.45, 7) is 6.87. The molecular formula is C26H27N3O5S. The van der Waals surface area contributed by atoms with Crippen molar-refractivity contribution in [3.8, 4) is 11.5 Å². The molecule has 3 aromatic rings. The van der Waals surface area contributed by atoms with Crippen molar-refractivity contribution in [1.82, 2.24) is 10.2 Å². The lowest BCUT2D eigenvalue weighted by Crippen LogP contribution is -2.29. The molecule has 0 unspecified atom stereocenters. The summed E-state index contributed by atoms with van der Waals surface area (Å²) in [4.78, 5) is 27.6. The third kappa shape index (κ3) is 5.05. The number of aromatic nitrogens is 2. The van der Waals surface area contributed by atoms with E-state index in [9.17, 15) is 14.7 Å². The van der Waals surface area contributed by atoms with E-state index in [1.54, 1.807) is 55.5 Å². The SMILES string of the molecule is CCCCOc1ccc(C(O)=C2C(=O)C(=O)N(c3nnc(C)s3)[C@H]2c2ccc(OCC)cc2)cc1. The molecule has 1 aliphatic heterocycles. The second-order valence-corrected chi connectivity index (χ2v) is 9.16. The molecule has 0 aliphatic carbocycles. The zero-order valence-electron chi connectivity index (χ0n) is 19.9. The number of amides is 1. The fourth-order valence-corrected chi connectivity index (χ4v) is 4.55. The van der Waals surface area contributed by atoms with Crippen LogP contribution in [0.2, 0.25) is 0 Å². The van der Waals surface area contributed by atoms with Crippen LogP contribution in [0.5, 0.6) is 11.5 Å². The first-order valence-electron chi connectivity index (χ1n) is 11.5. The highest BCUT2D eigenvalue weighted by Gasteiger charge is 2.48. The number of ether oxygens (including phenoxy) is 2. The zero-order chi connectivity index (χ0) is 24.9. The molecule has 1 aromatic heterocycles. The molecule has 35 heavy (non-hydrogen) atoms. The summed E-state index contributed by atoms with van der Waals surface area (Å²) in [5.41, 5.74) is 1.04. The molecule has 1 saturated heterocycles. The predicted octanol–water partition coefficient (Wildman–Crippen LogP) is 5.05. The molecule has 182 valence electrons. The molecule has 0 radical (unpaired) electrons. The summed E-state index contributed by atoms with van der Waals surface area (Å²) >= 11 is 1.21. The largest absolute Gasteiger partial charge is 0.507 e. The van der Waals surface area contributed by atoms with E-state index in [2.05, 4.69) is 17.1 Å². The number of hydrogen-bond acceptors (Lipinski definition) is 8. The summed E-state index contributed by atoms with van der Waals surface area (Å²) in [5.74, 6) is -0.467. The van der Waals surface area contributed by atoms with Crippen molar-refractivity contribution in [2.75, 3.05) is 18.1 Å². The molecule has 1 fully saturated rings. The van der Waals surface area contributed by atoms with Crippen molar-refractivity contribution >= 4 is 33.9 Å². The van der Waals surface area contributed by atoms with Crippen molar-refractivity contribution in [3.05, 3.63) is 70.2 Å². The first-order chi connectivity index (χ1) is 16.9. The van der Waals surface area contributed by atoms with Gasteiger partial charge >= 0.3 is 5.91 Å². The molecule has 8 nitrogen and oxygen atoms in total. The van der Waals surface area contributed by atoms with E-state index in [-0.39, 0.29) is 11.3 Å².